The van der Waals surface area contributed by atoms with Crippen molar-refractivity contribution in [1.29, 1.82) is 0 Å². The zero-order valence-electron chi connectivity index (χ0n) is 16.3. The van der Waals surface area contributed by atoms with Crippen LogP contribution in [0.2, 0.25) is 0 Å². The number of nitrogens with one attached hydrogen (secondary N) is 1. The van der Waals surface area contributed by atoms with Crippen LogP contribution >= 0.6 is 0 Å². The van der Waals surface area contributed by atoms with E-state index in [4.69, 9.17) is 10.3 Å². The molecule has 0 bridgehead atoms. The fourth-order valence-electron chi connectivity index (χ4n) is 4.45. The third-order valence-electron chi connectivity index (χ3n) is 6.36. The molecule has 2 atom stereocenters. The van der Waals surface area contributed by atoms with E-state index in [2.05, 4.69) is 10.5 Å². The van der Waals surface area contributed by atoms with Gasteiger partial charge in [0, 0.05) is 36.7 Å². The smallest absolute Gasteiger partial charge is 0.273 e. The summed E-state index contributed by atoms with van der Waals surface area (Å²) in [6.45, 7) is 2.36. The molecule has 1 aromatic rings. The number of rotatable bonds is 5. The second-order valence-electron chi connectivity index (χ2n) is 8.63. The van der Waals surface area contributed by atoms with Crippen LogP contribution in [0, 0.1) is 0 Å². The van der Waals surface area contributed by atoms with Gasteiger partial charge in [0.05, 0.1) is 5.25 Å². The molecule has 156 valence electrons. The van der Waals surface area contributed by atoms with Gasteiger partial charge in [-0.15, -0.1) is 0 Å². The Morgan fingerprint density at radius 1 is 1.21 bits per heavy atom. The van der Waals surface area contributed by atoms with Crippen molar-refractivity contribution in [3.63, 3.8) is 0 Å². The second kappa shape index (κ2) is 7.76. The molecule has 0 radical (unpaired) electrons. The molecule has 4 rings (SSSR count). The molecule has 2 aliphatic carbocycles. The van der Waals surface area contributed by atoms with Crippen molar-refractivity contribution in [3.8, 4) is 0 Å². The molecular formula is C19H30N4O4S. The fourth-order valence-corrected chi connectivity index (χ4v) is 6.65. The molecular weight excluding hydrogens is 380 g/mol. The van der Waals surface area contributed by atoms with Gasteiger partial charge in [0.15, 0.2) is 5.69 Å². The Labute approximate surface area is 166 Å². The highest BCUT2D eigenvalue weighted by molar-refractivity contribution is 7.89. The molecule has 0 aromatic carbocycles. The standard InChI is InChI=1S/C19H30N4O4S/c1-12-10-15(21-19(24)17-11-18(27-22-17)13-2-3-13)8-9-23(12)28(25,26)16-6-4-14(20)5-7-16/h11-16H,2-10,20H2,1H3,(H,21,24)/t12-,14?,15-,16?/m0/s1. The van der Waals surface area contributed by atoms with Crippen LogP contribution in [0.4, 0.5) is 0 Å². The average molecular weight is 411 g/mol. The molecule has 0 unspecified atom stereocenters. The summed E-state index contributed by atoms with van der Waals surface area (Å²) in [4.78, 5) is 12.5. The molecule has 0 spiro atoms. The summed E-state index contributed by atoms with van der Waals surface area (Å²) in [5.41, 5.74) is 6.23. The van der Waals surface area contributed by atoms with Crippen molar-refractivity contribution in [2.24, 2.45) is 5.73 Å². The molecule has 1 aliphatic heterocycles. The summed E-state index contributed by atoms with van der Waals surface area (Å²) >= 11 is 0. The van der Waals surface area contributed by atoms with Gasteiger partial charge < -0.3 is 15.6 Å². The van der Waals surface area contributed by atoms with Gasteiger partial charge in [-0.1, -0.05) is 5.16 Å². The van der Waals surface area contributed by atoms with E-state index in [0.717, 1.165) is 31.4 Å². The van der Waals surface area contributed by atoms with Crippen molar-refractivity contribution in [1.82, 2.24) is 14.8 Å². The largest absolute Gasteiger partial charge is 0.360 e. The molecule has 28 heavy (non-hydrogen) atoms. The first kappa shape index (κ1) is 19.8. The Kier molecular flexibility index (Phi) is 5.50. The van der Waals surface area contributed by atoms with Crippen LogP contribution in [0.1, 0.15) is 80.5 Å². The minimum absolute atomic E-state index is 0.0604. The van der Waals surface area contributed by atoms with Gasteiger partial charge in [-0.2, -0.15) is 4.31 Å². The molecule has 3 aliphatic rings. The Morgan fingerprint density at radius 3 is 2.57 bits per heavy atom. The lowest BCUT2D eigenvalue weighted by atomic mass is 9.96. The summed E-state index contributed by atoms with van der Waals surface area (Å²) in [6, 6.07) is 1.65. The first-order valence-electron chi connectivity index (χ1n) is 10.4. The van der Waals surface area contributed by atoms with Gasteiger partial charge in [-0.05, 0) is 58.3 Å². The maximum atomic E-state index is 13.1. The van der Waals surface area contributed by atoms with Crippen molar-refractivity contribution in [2.45, 2.75) is 87.6 Å². The normalized spacial score (nSPS) is 32.2. The van der Waals surface area contributed by atoms with Crippen LogP contribution in [0.3, 0.4) is 0 Å². The number of hydrogen-bond acceptors (Lipinski definition) is 6. The Hall–Kier alpha value is -1.45. The van der Waals surface area contributed by atoms with Crippen LogP contribution in [-0.2, 0) is 10.0 Å². The summed E-state index contributed by atoms with van der Waals surface area (Å²) in [5, 5.41) is 6.55. The van der Waals surface area contributed by atoms with E-state index >= 15 is 0 Å². The van der Waals surface area contributed by atoms with E-state index in [-0.39, 0.29) is 29.3 Å². The Morgan fingerprint density at radius 2 is 1.93 bits per heavy atom. The number of sulfonamides is 1. The third-order valence-corrected chi connectivity index (χ3v) is 8.87. The number of nitrogens with zero attached hydrogens (tertiary/aromatic N) is 2. The number of piperidine rings is 1. The van der Waals surface area contributed by atoms with Crippen LogP contribution < -0.4 is 11.1 Å². The SMILES string of the molecule is C[C@H]1C[C@@H](NC(=O)c2cc(C3CC3)on2)CCN1S(=O)(=O)C1CCC(N)CC1. The topological polar surface area (TPSA) is 119 Å². The predicted molar refractivity (Wildman–Crippen MR) is 104 cm³/mol. The summed E-state index contributed by atoms with van der Waals surface area (Å²) in [6.07, 6.45) is 6.21. The van der Waals surface area contributed by atoms with Crippen molar-refractivity contribution in [2.75, 3.05) is 6.54 Å². The quantitative estimate of drug-likeness (QED) is 0.763. The van der Waals surface area contributed by atoms with Gasteiger partial charge in [-0.25, -0.2) is 8.42 Å². The highest BCUT2D eigenvalue weighted by Gasteiger charge is 2.40. The Balaban J connectivity index is 1.33. The minimum atomic E-state index is -3.32. The Bertz CT molecular complexity index is 812. The van der Waals surface area contributed by atoms with E-state index in [1.807, 2.05) is 6.92 Å². The monoisotopic (exact) mass is 410 g/mol. The van der Waals surface area contributed by atoms with Gasteiger partial charge in [0.25, 0.3) is 5.91 Å². The van der Waals surface area contributed by atoms with Crippen LogP contribution in [-0.4, -0.2) is 53.7 Å². The van der Waals surface area contributed by atoms with E-state index in [1.54, 1.807) is 10.4 Å². The number of nitrogens with two attached hydrogens (primary N) is 1. The fraction of sp³-hybridized carbons (Fsp3) is 0.789. The predicted octanol–water partition coefficient (Wildman–Crippen LogP) is 1.73. The van der Waals surface area contributed by atoms with Crippen molar-refractivity contribution in [3.05, 3.63) is 17.5 Å². The number of hydrogen-bond donors (Lipinski definition) is 2. The number of aromatic nitrogens is 1. The lowest BCUT2D eigenvalue weighted by molar-refractivity contribution is 0.0905. The number of amides is 1. The zero-order chi connectivity index (χ0) is 19.9. The molecule has 1 aromatic heterocycles. The van der Waals surface area contributed by atoms with Crippen LogP contribution in [0.5, 0.6) is 0 Å². The lowest BCUT2D eigenvalue weighted by Crippen LogP contribution is -2.53. The maximum absolute atomic E-state index is 13.1. The van der Waals surface area contributed by atoms with Crippen LogP contribution in [0.25, 0.3) is 0 Å². The number of carbonyl (C=O) groups excluding carboxylic acids is 1. The van der Waals surface area contributed by atoms with Crippen molar-refractivity contribution < 1.29 is 17.7 Å². The highest BCUT2D eigenvalue weighted by atomic mass is 32.2. The van der Waals surface area contributed by atoms with Gasteiger partial charge in [-0.3, -0.25) is 4.79 Å². The zero-order valence-corrected chi connectivity index (χ0v) is 17.2. The second-order valence-corrected chi connectivity index (χ2v) is 10.8. The third kappa shape index (κ3) is 4.11. The molecule has 1 saturated heterocycles. The minimum Gasteiger partial charge on any atom is -0.360 e. The molecule has 2 heterocycles. The van der Waals surface area contributed by atoms with E-state index in [1.165, 1.54) is 0 Å². The van der Waals surface area contributed by atoms with E-state index in [9.17, 15) is 13.2 Å². The molecule has 3 fully saturated rings. The summed E-state index contributed by atoms with van der Waals surface area (Å²) in [7, 11) is -3.32. The molecule has 8 nitrogen and oxygen atoms in total. The van der Waals surface area contributed by atoms with E-state index < -0.39 is 10.0 Å². The molecule has 1 amide bonds. The van der Waals surface area contributed by atoms with E-state index in [0.29, 0.717) is 43.8 Å². The molecule has 2 saturated carbocycles. The molecule has 9 heteroatoms. The number of carbonyl (C=O) groups is 1. The highest BCUT2D eigenvalue weighted by Crippen LogP contribution is 2.40. The molecule has 3 N–H and O–H groups in total. The van der Waals surface area contributed by atoms with Gasteiger partial charge in [0.1, 0.15) is 5.76 Å². The van der Waals surface area contributed by atoms with Gasteiger partial charge in [0.2, 0.25) is 10.0 Å². The van der Waals surface area contributed by atoms with Crippen LogP contribution in [0.15, 0.2) is 10.6 Å². The maximum Gasteiger partial charge on any atom is 0.273 e. The van der Waals surface area contributed by atoms with Gasteiger partial charge >= 0.3 is 0 Å². The summed E-state index contributed by atoms with van der Waals surface area (Å²) in [5.74, 6) is 0.953. The average Bonchev–Trinajstić information content (AvgIpc) is 3.38. The lowest BCUT2D eigenvalue weighted by Gasteiger charge is -2.39. The first-order chi connectivity index (χ1) is 13.3. The summed E-state index contributed by atoms with van der Waals surface area (Å²) < 4.78 is 33.0. The van der Waals surface area contributed by atoms with Crippen molar-refractivity contribution >= 4 is 15.9 Å². The first-order valence-corrected chi connectivity index (χ1v) is 11.9.